The van der Waals surface area contributed by atoms with Gasteiger partial charge in [-0.15, -0.1) is 11.3 Å². The number of H-pyrrole nitrogens is 1. The van der Waals surface area contributed by atoms with Crippen molar-refractivity contribution < 1.29 is 9.90 Å². The zero-order valence-corrected chi connectivity index (χ0v) is 13.5. The van der Waals surface area contributed by atoms with Crippen molar-refractivity contribution in [1.82, 2.24) is 9.97 Å². The maximum Gasteiger partial charge on any atom is 0.347 e. The molecule has 0 spiro atoms. The highest BCUT2D eigenvalue weighted by atomic mass is 32.1. The molecule has 2 heterocycles. The van der Waals surface area contributed by atoms with Gasteiger partial charge in [-0.3, -0.25) is 4.79 Å². The number of hydrogen-bond donors (Lipinski definition) is 3. The number of nitrogens with one attached hydrogen (secondary N) is 2. The number of rotatable bonds is 6. The lowest BCUT2D eigenvalue weighted by Crippen LogP contribution is -2.15. The summed E-state index contributed by atoms with van der Waals surface area (Å²) >= 11 is 1.32. The summed E-state index contributed by atoms with van der Waals surface area (Å²) in [6.07, 6.45) is 1.52. The number of aromatic hydroxyl groups is 1. The first-order chi connectivity index (χ1) is 11.6. The molecule has 122 valence electrons. The number of carbonyl (C=O) groups is 1. The predicted octanol–water partition coefficient (Wildman–Crippen LogP) is 2.67. The Balaban J connectivity index is 1.70. The lowest BCUT2D eigenvalue weighted by Gasteiger charge is -2.07. The molecule has 24 heavy (non-hydrogen) atoms. The number of aldehydes is 1. The fourth-order valence-electron chi connectivity index (χ4n) is 2.26. The van der Waals surface area contributed by atoms with E-state index in [9.17, 15) is 14.7 Å². The highest BCUT2D eigenvalue weighted by molar-refractivity contribution is 7.12. The van der Waals surface area contributed by atoms with Crippen molar-refractivity contribution in [1.29, 1.82) is 0 Å². The summed E-state index contributed by atoms with van der Waals surface area (Å²) in [4.78, 5) is 29.7. The van der Waals surface area contributed by atoms with Crippen LogP contribution in [0.1, 0.15) is 15.2 Å². The van der Waals surface area contributed by atoms with Crippen LogP contribution in [0.3, 0.4) is 0 Å². The fraction of sp³-hybridized carbons (Fsp3) is 0.118. The van der Waals surface area contributed by atoms with Crippen molar-refractivity contribution in [2.75, 3.05) is 11.9 Å². The van der Waals surface area contributed by atoms with Gasteiger partial charge in [0.2, 0.25) is 0 Å². The Kier molecular flexibility index (Phi) is 4.72. The molecule has 3 N–H and O–H groups in total. The minimum atomic E-state index is -0.446. The van der Waals surface area contributed by atoms with E-state index in [0.717, 1.165) is 23.8 Å². The summed E-state index contributed by atoms with van der Waals surface area (Å²) in [7, 11) is 0. The van der Waals surface area contributed by atoms with E-state index in [1.54, 1.807) is 24.3 Å². The Morgan fingerprint density at radius 1 is 1.25 bits per heavy atom. The number of phenolic OH excluding ortho intramolecular Hbond substituents is 1. The number of aromatic amines is 1. The third kappa shape index (κ3) is 3.88. The van der Waals surface area contributed by atoms with E-state index >= 15 is 0 Å². The van der Waals surface area contributed by atoms with E-state index in [4.69, 9.17) is 0 Å². The number of thiophene rings is 1. The number of carbonyl (C=O) groups excluding carboxylic acids is 1. The molecule has 0 amide bonds. The normalized spacial score (nSPS) is 10.5. The average Bonchev–Trinajstić information content (AvgIpc) is 3.05. The molecule has 0 aliphatic heterocycles. The number of nitrogens with zero attached hydrogens (tertiary/aromatic N) is 1. The summed E-state index contributed by atoms with van der Waals surface area (Å²) in [6.45, 7) is 0.601. The molecule has 2 aromatic heterocycles. The summed E-state index contributed by atoms with van der Waals surface area (Å²) in [5, 5.41) is 14.2. The van der Waals surface area contributed by atoms with Gasteiger partial charge in [0.15, 0.2) is 6.29 Å². The first kappa shape index (κ1) is 15.9. The number of aromatic nitrogens is 2. The minimum absolute atomic E-state index is 0.234. The van der Waals surface area contributed by atoms with Gasteiger partial charge in [-0.25, -0.2) is 4.79 Å². The molecular weight excluding hydrogens is 326 g/mol. The van der Waals surface area contributed by atoms with Crippen LogP contribution in [0.2, 0.25) is 0 Å². The van der Waals surface area contributed by atoms with Crippen molar-refractivity contribution in [2.24, 2.45) is 0 Å². The monoisotopic (exact) mass is 341 g/mol. The Morgan fingerprint density at radius 2 is 2.04 bits per heavy atom. The third-order valence-electron chi connectivity index (χ3n) is 3.45. The molecule has 0 bridgehead atoms. The minimum Gasteiger partial charge on any atom is -0.508 e. The highest BCUT2D eigenvalue weighted by Crippen LogP contribution is 2.23. The molecule has 0 aliphatic rings. The van der Waals surface area contributed by atoms with Crippen LogP contribution in [-0.2, 0) is 6.42 Å². The van der Waals surface area contributed by atoms with Gasteiger partial charge in [0.1, 0.15) is 11.6 Å². The molecule has 0 radical (unpaired) electrons. The quantitative estimate of drug-likeness (QED) is 0.599. The van der Waals surface area contributed by atoms with Gasteiger partial charge in [0.05, 0.1) is 10.6 Å². The van der Waals surface area contributed by atoms with Crippen LogP contribution in [0.4, 0.5) is 5.82 Å². The molecular formula is C17H15N3O3S. The summed E-state index contributed by atoms with van der Waals surface area (Å²) < 4.78 is 0. The maximum absolute atomic E-state index is 11.7. The van der Waals surface area contributed by atoms with Crippen LogP contribution in [0.5, 0.6) is 5.75 Å². The van der Waals surface area contributed by atoms with Gasteiger partial charge in [-0.05, 0) is 30.2 Å². The summed E-state index contributed by atoms with van der Waals surface area (Å²) in [5.41, 5.74) is 2.02. The zero-order chi connectivity index (χ0) is 16.9. The zero-order valence-electron chi connectivity index (χ0n) is 12.7. The molecule has 1 aromatic carbocycles. The molecule has 0 fully saturated rings. The van der Waals surface area contributed by atoms with E-state index in [2.05, 4.69) is 15.3 Å². The Labute approximate surface area is 141 Å². The predicted molar refractivity (Wildman–Crippen MR) is 93.9 cm³/mol. The van der Waals surface area contributed by atoms with Crippen molar-refractivity contribution in [3.8, 4) is 17.0 Å². The Morgan fingerprint density at radius 3 is 2.75 bits per heavy atom. The Bertz CT molecular complexity index is 900. The molecule has 7 heteroatoms. The number of anilines is 1. The fourth-order valence-corrected chi connectivity index (χ4v) is 2.97. The van der Waals surface area contributed by atoms with Gasteiger partial charge in [-0.2, -0.15) is 4.98 Å². The van der Waals surface area contributed by atoms with Gasteiger partial charge in [0.25, 0.3) is 0 Å². The van der Waals surface area contributed by atoms with E-state index in [1.807, 2.05) is 17.5 Å². The number of benzene rings is 1. The molecule has 0 saturated carbocycles. The van der Waals surface area contributed by atoms with Crippen molar-refractivity contribution >= 4 is 23.4 Å². The lowest BCUT2D eigenvalue weighted by atomic mass is 10.1. The second-order valence-electron chi connectivity index (χ2n) is 5.18. The SMILES string of the molecule is O=Cc1cc(-c2cc(NCCc3ccc(O)cc3)nc(=O)[nH]2)cs1. The lowest BCUT2D eigenvalue weighted by molar-refractivity contribution is 0.112. The standard InChI is InChI=1S/C17H15N3O3S/c21-9-14-7-12(10-24-14)15-8-16(20-17(23)19-15)18-6-5-11-1-3-13(22)4-2-11/h1-4,7-10,22H,5-6H2,(H2,18,19,20,23). The number of phenols is 1. The van der Waals surface area contributed by atoms with E-state index in [1.165, 1.54) is 11.3 Å². The van der Waals surface area contributed by atoms with Crippen LogP contribution in [0.15, 0.2) is 46.6 Å². The smallest absolute Gasteiger partial charge is 0.347 e. The van der Waals surface area contributed by atoms with Crippen molar-refractivity contribution in [3.05, 3.63) is 62.7 Å². The Hall–Kier alpha value is -2.93. The van der Waals surface area contributed by atoms with Crippen LogP contribution in [0.25, 0.3) is 11.3 Å². The molecule has 0 aliphatic carbocycles. The first-order valence-corrected chi connectivity index (χ1v) is 8.19. The second kappa shape index (κ2) is 7.10. The van der Waals surface area contributed by atoms with Gasteiger partial charge >= 0.3 is 5.69 Å². The number of hydrogen-bond acceptors (Lipinski definition) is 6. The molecule has 3 rings (SSSR count). The van der Waals surface area contributed by atoms with E-state index in [-0.39, 0.29) is 5.75 Å². The van der Waals surface area contributed by atoms with Crippen LogP contribution in [0, 0.1) is 0 Å². The third-order valence-corrected chi connectivity index (χ3v) is 4.31. The van der Waals surface area contributed by atoms with Gasteiger partial charge in [0, 0.05) is 23.6 Å². The molecule has 0 atom stereocenters. The van der Waals surface area contributed by atoms with Crippen molar-refractivity contribution in [2.45, 2.75) is 6.42 Å². The molecule has 0 unspecified atom stereocenters. The van der Waals surface area contributed by atoms with Crippen LogP contribution in [-0.4, -0.2) is 27.9 Å². The largest absolute Gasteiger partial charge is 0.508 e. The summed E-state index contributed by atoms with van der Waals surface area (Å²) in [5.74, 6) is 0.712. The van der Waals surface area contributed by atoms with Crippen molar-refractivity contribution in [3.63, 3.8) is 0 Å². The topological polar surface area (TPSA) is 95.1 Å². The summed E-state index contributed by atoms with van der Waals surface area (Å²) in [6, 6.07) is 10.4. The van der Waals surface area contributed by atoms with Gasteiger partial charge < -0.3 is 15.4 Å². The second-order valence-corrected chi connectivity index (χ2v) is 6.13. The van der Waals surface area contributed by atoms with Crippen LogP contribution >= 0.6 is 11.3 Å². The molecule has 3 aromatic rings. The molecule has 0 saturated heterocycles. The molecule has 6 nitrogen and oxygen atoms in total. The van der Waals surface area contributed by atoms with E-state index in [0.29, 0.717) is 22.9 Å². The van der Waals surface area contributed by atoms with Gasteiger partial charge in [-0.1, -0.05) is 12.1 Å². The average molecular weight is 341 g/mol. The van der Waals surface area contributed by atoms with E-state index < -0.39 is 5.69 Å². The maximum atomic E-state index is 11.7. The van der Waals surface area contributed by atoms with Crippen LogP contribution < -0.4 is 11.0 Å². The first-order valence-electron chi connectivity index (χ1n) is 7.31. The highest BCUT2D eigenvalue weighted by Gasteiger charge is 2.06.